The summed E-state index contributed by atoms with van der Waals surface area (Å²) in [5, 5.41) is 20.6. The molecule has 1 aromatic heterocycles. The number of hydrogen-bond acceptors (Lipinski definition) is 4. The summed E-state index contributed by atoms with van der Waals surface area (Å²) in [6.07, 6.45) is 1.53. The van der Waals surface area contributed by atoms with Crippen LogP contribution in [0, 0.1) is 0 Å². The zero-order valence-electron chi connectivity index (χ0n) is 9.67. The lowest BCUT2D eigenvalue weighted by Crippen LogP contribution is -2.10. The minimum atomic E-state index is -1.10. The van der Waals surface area contributed by atoms with Crippen LogP contribution in [0.5, 0.6) is 0 Å². The molecule has 0 aliphatic rings. The van der Waals surface area contributed by atoms with E-state index in [1.807, 2.05) is 6.92 Å². The Labute approximate surface area is 108 Å². The molecule has 0 saturated carbocycles. The highest BCUT2D eigenvalue weighted by molar-refractivity contribution is 6.34. The molecule has 0 aliphatic heterocycles. The van der Waals surface area contributed by atoms with Crippen LogP contribution in [-0.4, -0.2) is 31.3 Å². The standard InChI is InChI=1S/C11H11ClN4O2/c1-2-4-9-13-14-15-16(9)8-6-3-5-7(12)10(8)11(17)18/h3,5-6H,2,4H2,1H3,(H,17,18). The molecular weight excluding hydrogens is 256 g/mol. The van der Waals surface area contributed by atoms with Gasteiger partial charge in [0.2, 0.25) is 0 Å². The third-order valence-electron chi connectivity index (χ3n) is 2.44. The number of carboxylic acid groups (broad SMARTS) is 1. The van der Waals surface area contributed by atoms with E-state index in [0.717, 1.165) is 6.42 Å². The van der Waals surface area contributed by atoms with E-state index in [9.17, 15) is 9.90 Å². The van der Waals surface area contributed by atoms with Crippen LogP contribution in [0.4, 0.5) is 0 Å². The molecular formula is C11H11ClN4O2. The molecule has 2 aromatic rings. The second-order valence-corrected chi connectivity index (χ2v) is 4.10. The summed E-state index contributed by atoms with van der Waals surface area (Å²) in [4.78, 5) is 11.2. The third kappa shape index (κ3) is 2.19. The number of aromatic nitrogens is 4. The average Bonchev–Trinajstić information content (AvgIpc) is 2.76. The minimum Gasteiger partial charge on any atom is -0.478 e. The summed E-state index contributed by atoms with van der Waals surface area (Å²) in [6.45, 7) is 2.00. The first-order chi connectivity index (χ1) is 8.65. The molecule has 0 aliphatic carbocycles. The number of nitrogens with zero attached hydrogens (tertiary/aromatic N) is 4. The van der Waals surface area contributed by atoms with Crippen molar-refractivity contribution < 1.29 is 9.90 Å². The zero-order chi connectivity index (χ0) is 13.1. The lowest BCUT2D eigenvalue weighted by atomic mass is 10.1. The van der Waals surface area contributed by atoms with Crippen molar-refractivity contribution in [2.45, 2.75) is 19.8 Å². The van der Waals surface area contributed by atoms with Gasteiger partial charge >= 0.3 is 5.97 Å². The van der Waals surface area contributed by atoms with E-state index < -0.39 is 5.97 Å². The second-order valence-electron chi connectivity index (χ2n) is 3.70. The highest BCUT2D eigenvalue weighted by Gasteiger charge is 2.18. The minimum absolute atomic E-state index is 0.00354. The second kappa shape index (κ2) is 5.14. The first-order valence-corrected chi connectivity index (χ1v) is 5.82. The van der Waals surface area contributed by atoms with Gasteiger partial charge in [-0.05, 0) is 29.0 Å². The first kappa shape index (κ1) is 12.5. The van der Waals surface area contributed by atoms with E-state index in [0.29, 0.717) is 17.9 Å². The molecule has 7 heteroatoms. The molecule has 1 heterocycles. The van der Waals surface area contributed by atoms with Crippen LogP contribution in [0.15, 0.2) is 18.2 Å². The lowest BCUT2D eigenvalue weighted by molar-refractivity contribution is 0.0697. The van der Waals surface area contributed by atoms with Gasteiger partial charge in [0.1, 0.15) is 5.56 Å². The number of aryl methyl sites for hydroxylation is 1. The quantitative estimate of drug-likeness (QED) is 0.915. The van der Waals surface area contributed by atoms with Crippen LogP contribution < -0.4 is 0 Å². The number of carbonyl (C=O) groups is 1. The van der Waals surface area contributed by atoms with Crippen molar-refractivity contribution in [2.24, 2.45) is 0 Å². The topological polar surface area (TPSA) is 80.9 Å². The molecule has 0 saturated heterocycles. The van der Waals surface area contributed by atoms with Crippen LogP contribution in [0.2, 0.25) is 5.02 Å². The number of benzene rings is 1. The number of hydrogen-bond donors (Lipinski definition) is 1. The Morgan fingerprint density at radius 1 is 1.50 bits per heavy atom. The van der Waals surface area contributed by atoms with Gasteiger partial charge in [-0.25, -0.2) is 4.79 Å². The first-order valence-electron chi connectivity index (χ1n) is 5.44. The van der Waals surface area contributed by atoms with E-state index in [1.165, 1.54) is 10.7 Å². The van der Waals surface area contributed by atoms with Gasteiger partial charge in [-0.1, -0.05) is 24.6 Å². The number of rotatable bonds is 4. The van der Waals surface area contributed by atoms with Crippen LogP contribution in [0.3, 0.4) is 0 Å². The molecule has 0 spiro atoms. The molecule has 0 amide bonds. The molecule has 0 unspecified atom stereocenters. The van der Waals surface area contributed by atoms with Gasteiger partial charge in [-0.3, -0.25) is 0 Å². The van der Waals surface area contributed by atoms with Crippen LogP contribution in [0.25, 0.3) is 5.69 Å². The Balaban J connectivity index is 2.60. The number of aromatic carboxylic acids is 1. The Morgan fingerprint density at radius 2 is 2.28 bits per heavy atom. The van der Waals surface area contributed by atoms with Gasteiger partial charge in [0.25, 0.3) is 0 Å². The van der Waals surface area contributed by atoms with Gasteiger partial charge in [-0.15, -0.1) is 5.10 Å². The fourth-order valence-corrected chi connectivity index (χ4v) is 1.92. The van der Waals surface area contributed by atoms with Crippen LogP contribution >= 0.6 is 11.6 Å². The molecule has 0 fully saturated rings. The van der Waals surface area contributed by atoms with Gasteiger partial charge in [0.05, 0.1) is 10.7 Å². The predicted molar refractivity (Wildman–Crippen MR) is 65.1 cm³/mol. The van der Waals surface area contributed by atoms with Crippen molar-refractivity contribution in [1.29, 1.82) is 0 Å². The maximum absolute atomic E-state index is 11.2. The monoisotopic (exact) mass is 266 g/mol. The SMILES string of the molecule is CCCc1nnnn1-c1cccc(Cl)c1C(=O)O. The Morgan fingerprint density at radius 3 is 2.94 bits per heavy atom. The fraction of sp³-hybridized carbons (Fsp3) is 0.273. The highest BCUT2D eigenvalue weighted by atomic mass is 35.5. The van der Waals surface area contributed by atoms with Gasteiger partial charge < -0.3 is 5.11 Å². The summed E-state index contributed by atoms with van der Waals surface area (Å²) in [5.41, 5.74) is 0.382. The fourth-order valence-electron chi connectivity index (χ4n) is 1.67. The number of carboxylic acids is 1. The van der Waals surface area contributed by atoms with Gasteiger partial charge in [0, 0.05) is 6.42 Å². The summed E-state index contributed by atoms with van der Waals surface area (Å²) < 4.78 is 1.42. The maximum atomic E-state index is 11.2. The predicted octanol–water partition coefficient (Wildman–Crippen LogP) is 1.97. The van der Waals surface area contributed by atoms with Crippen molar-refractivity contribution >= 4 is 17.6 Å². The van der Waals surface area contributed by atoms with Crippen molar-refractivity contribution in [2.75, 3.05) is 0 Å². The van der Waals surface area contributed by atoms with Crippen molar-refractivity contribution in [3.63, 3.8) is 0 Å². The summed E-state index contributed by atoms with van der Waals surface area (Å²) in [7, 11) is 0. The molecule has 1 N–H and O–H groups in total. The Kier molecular flexibility index (Phi) is 3.57. The van der Waals surface area contributed by atoms with Crippen LogP contribution in [-0.2, 0) is 6.42 Å². The molecule has 94 valence electrons. The summed E-state index contributed by atoms with van der Waals surface area (Å²) >= 11 is 5.91. The van der Waals surface area contributed by atoms with E-state index in [-0.39, 0.29) is 10.6 Å². The van der Waals surface area contributed by atoms with E-state index >= 15 is 0 Å². The zero-order valence-corrected chi connectivity index (χ0v) is 10.4. The normalized spacial score (nSPS) is 10.6. The largest absolute Gasteiger partial charge is 0.478 e. The van der Waals surface area contributed by atoms with Crippen LogP contribution in [0.1, 0.15) is 29.5 Å². The molecule has 2 rings (SSSR count). The molecule has 0 bridgehead atoms. The Hall–Kier alpha value is -1.95. The number of tetrazole rings is 1. The van der Waals surface area contributed by atoms with Crippen molar-refractivity contribution in [3.05, 3.63) is 34.6 Å². The van der Waals surface area contributed by atoms with Crippen molar-refractivity contribution in [3.8, 4) is 5.69 Å². The molecule has 0 radical (unpaired) electrons. The smallest absolute Gasteiger partial charge is 0.339 e. The van der Waals surface area contributed by atoms with E-state index in [1.54, 1.807) is 12.1 Å². The molecule has 18 heavy (non-hydrogen) atoms. The van der Waals surface area contributed by atoms with Crippen molar-refractivity contribution in [1.82, 2.24) is 20.2 Å². The van der Waals surface area contributed by atoms with E-state index in [2.05, 4.69) is 15.5 Å². The molecule has 6 nitrogen and oxygen atoms in total. The third-order valence-corrected chi connectivity index (χ3v) is 2.76. The molecule has 1 aromatic carbocycles. The highest BCUT2D eigenvalue weighted by Crippen LogP contribution is 2.23. The maximum Gasteiger partial charge on any atom is 0.339 e. The van der Waals surface area contributed by atoms with Gasteiger partial charge in [-0.2, -0.15) is 4.68 Å². The summed E-state index contributed by atoms with van der Waals surface area (Å²) in [5.74, 6) is -0.490. The average molecular weight is 267 g/mol. The van der Waals surface area contributed by atoms with E-state index in [4.69, 9.17) is 11.6 Å². The lowest BCUT2D eigenvalue weighted by Gasteiger charge is -2.08. The Bertz CT molecular complexity index is 582. The molecule has 0 atom stereocenters. The van der Waals surface area contributed by atoms with Gasteiger partial charge in [0.15, 0.2) is 5.82 Å². The summed E-state index contributed by atoms with van der Waals surface area (Å²) in [6, 6.07) is 4.82. The number of halogens is 1.